The topological polar surface area (TPSA) is 50.9 Å². The summed E-state index contributed by atoms with van der Waals surface area (Å²) in [5.41, 5.74) is -1.22. The first-order valence-corrected chi connectivity index (χ1v) is 6.65. The van der Waals surface area contributed by atoms with Gasteiger partial charge in [-0.15, -0.1) is 0 Å². The molecule has 0 aliphatic rings. The second-order valence-corrected chi connectivity index (χ2v) is 4.94. The Morgan fingerprint density at radius 2 is 1.77 bits per heavy atom. The van der Waals surface area contributed by atoms with Gasteiger partial charge in [0, 0.05) is 5.56 Å². The zero-order valence-electron chi connectivity index (χ0n) is 11.5. The quantitative estimate of drug-likeness (QED) is 0.805. The van der Waals surface area contributed by atoms with Crippen LogP contribution in [0, 0.1) is 11.6 Å². The minimum Gasteiger partial charge on any atom is -0.378 e. The SMILES string of the molecule is O[C@](Cn1cncn1)(c1ccc(F)cc1)c1ccccc1F. The zero-order chi connectivity index (χ0) is 15.6. The van der Waals surface area contributed by atoms with Crippen LogP contribution in [0.15, 0.2) is 61.2 Å². The van der Waals surface area contributed by atoms with Crippen molar-refractivity contribution < 1.29 is 13.9 Å². The first-order valence-electron chi connectivity index (χ1n) is 6.65. The minimum absolute atomic E-state index is 0.0421. The Bertz CT molecular complexity index is 759. The van der Waals surface area contributed by atoms with E-state index in [4.69, 9.17) is 0 Å². The number of aliphatic hydroxyl groups is 1. The Hall–Kier alpha value is -2.60. The van der Waals surface area contributed by atoms with Crippen LogP contribution in [0.4, 0.5) is 8.78 Å². The maximum absolute atomic E-state index is 14.2. The van der Waals surface area contributed by atoms with Gasteiger partial charge >= 0.3 is 0 Å². The van der Waals surface area contributed by atoms with Gasteiger partial charge in [-0.3, -0.25) is 0 Å². The molecule has 0 spiro atoms. The molecule has 0 bridgehead atoms. The van der Waals surface area contributed by atoms with Gasteiger partial charge in [0.05, 0.1) is 6.54 Å². The van der Waals surface area contributed by atoms with E-state index in [9.17, 15) is 13.9 Å². The number of halogens is 2. The maximum Gasteiger partial charge on any atom is 0.137 e. The molecule has 0 radical (unpaired) electrons. The average molecular weight is 301 g/mol. The van der Waals surface area contributed by atoms with Crippen molar-refractivity contribution in [3.63, 3.8) is 0 Å². The summed E-state index contributed by atoms with van der Waals surface area (Å²) in [5.74, 6) is -0.977. The summed E-state index contributed by atoms with van der Waals surface area (Å²) >= 11 is 0. The highest BCUT2D eigenvalue weighted by Gasteiger charge is 2.35. The maximum atomic E-state index is 14.2. The number of hydrogen-bond donors (Lipinski definition) is 1. The normalized spacial score (nSPS) is 13.8. The van der Waals surface area contributed by atoms with Crippen molar-refractivity contribution in [2.45, 2.75) is 12.1 Å². The standard InChI is InChI=1S/C16H13F2N3O/c17-13-7-5-12(6-8-13)16(22,9-21-11-19-10-20-21)14-3-1-2-4-15(14)18/h1-8,10-11,22H,9H2/t16-/m1/s1. The largest absolute Gasteiger partial charge is 0.378 e. The van der Waals surface area contributed by atoms with Gasteiger partial charge in [-0.25, -0.2) is 18.4 Å². The fourth-order valence-electron chi connectivity index (χ4n) is 2.40. The minimum atomic E-state index is -1.69. The molecular weight excluding hydrogens is 288 g/mol. The number of aromatic nitrogens is 3. The van der Waals surface area contributed by atoms with E-state index in [-0.39, 0.29) is 12.1 Å². The highest BCUT2D eigenvalue weighted by Crippen LogP contribution is 2.33. The Kier molecular flexibility index (Phi) is 3.68. The van der Waals surface area contributed by atoms with E-state index in [1.807, 2.05) is 0 Å². The fraction of sp³-hybridized carbons (Fsp3) is 0.125. The van der Waals surface area contributed by atoms with Crippen molar-refractivity contribution in [1.82, 2.24) is 14.8 Å². The molecule has 22 heavy (non-hydrogen) atoms. The van der Waals surface area contributed by atoms with Crippen LogP contribution in [0.5, 0.6) is 0 Å². The van der Waals surface area contributed by atoms with Gasteiger partial charge in [-0.05, 0) is 23.8 Å². The van der Waals surface area contributed by atoms with Crippen LogP contribution >= 0.6 is 0 Å². The molecule has 0 fully saturated rings. The third kappa shape index (κ3) is 2.60. The number of nitrogens with zero attached hydrogens (tertiary/aromatic N) is 3. The van der Waals surface area contributed by atoms with Crippen LogP contribution < -0.4 is 0 Å². The molecule has 0 saturated heterocycles. The molecule has 2 aromatic carbocycles. The summed E-state index contributed by atoms with van der Waals surface area (Å²) in [6, 6.07) is 11.2. The molecule has 0 aliphatic heterocycles. The van der Waals surface area contributed by atoms with Crippen LogP contribution in [-0.4, -0.2) is 19.9 Å². The van der Waals surface area contributed by atoms with E-state index >= 15 is 0 Å². The predicted molar refractivity (Wildman–Crippen MR) is 75.8 cm³/mol. The molecule has 3 aromatic rings. The lowest BCUT2D eigenvalue weighted by molar-refractivity contribution is 0.0535. The van der Waals surface area contributed by atoms with E-state index in [0.29, 0.717) is 5.56 Å². The average Bonchev–Trinajstić information content (AvgIpc) is 3.01. The molecule has 1 atom stereocenters. The Morgan fingerprint density at radius 1 is 1.05 bits per heavy atom. The highest BCUT2D eigenvalue weighted by molar-refractivity contribution is 5.36. The molecule has 1 aromatic heterocycles. The van der Waals surface area contributed by atoms with Crippen LogP contribution in [0.2, 0.25) is 0 Å². The molecule has 1 heterocycles. The van der Waals surface area contributed by atoms with Crippen molar-refractivity contribution in [2.24, 2.45) is 0 Å². The molecular formula is C16H13F2N3O. The number of benzene rings is 2. The summed E-state index contributed by atoms with van der Waals surface area (Å²) < 4.78 is 28.7. The monoisotopic (exact) mass is 301 g/mol. The summed E-state index contributed by atoms with van der Waals surface area (Å²) in [7, 11) is 0. The van der Waals surface area contributed by atoms with E-state index in [1.165, 1.54) is 53.7 Å². The third-order valence-electron chi connectivity index (χ3n) is 3.50. The van der Waals surface area contributed by atoms with E-state index in [0.717, 1.165) is 0 Å². The molecule has 1 N–H and O–H groups in total. The highest BCUT2D eigenvalue weighted by atomic mass is 19.1. The molecule has 4 nitrogen and oxygen atoms in total. The smallest absolute Gasteiger partial charge is 0.137 e. The number of rotatable bonds is 4. The van der Waals surface area contributed by atoms with Gasteiger partial charge in [0.1, 0.15) is 29.9 Å². The second kappa shape index (κ2) is 5.65. The molecule has 6 heteroatoms. The van der Waals surface area contributed by atoms with E-state index < -0.39 is 17.2 Å². The van der Waals surface area contributed by atoms with Gasteiger partial charge in [0.2, 0.25) is 0 Å². The summed E-state index contributed by atoms with van der Waals surface area (Å²) in [5, 5.41) is 15.1. The zero-order valence-corrected chi connectivity index (χ0v) is 11.5. The van der Waals surface area contributed by atoms with Gasteiger partial charge in [0.25, 0.3) is 0 Å². The fourth-order valence-corrected chi connectivity index (χ4v) is 2.40. The molecule has 3 rings (SSSR count). The van der Waals surface area contributed by atoms with Gasteiger partial charge in [-0.1, -0.05) is 30.3 Å². The summed E-state index contributed by atoms with van der Waals surface area (Å²) in [4.78, 5) is 3.82. The Balaban J connectivity index is 2.13. The van der Waals surface area contributed by atoms with E-state index in [1.54, 1.807) is 12.1 Å². The molecule has 0 aliphatic carbocycles. The lowest BCUT2D eigenvalue weighted by Crippen LogP contribution is -2.34. The van der Waals surface area contributed by atoms with Crippen molar-refractivity contribution in [2.75, 3.05) is 0 Å². The third-order valence-corrected chi connectivity index (χ3v) is 3.50. The molecule has 0 unspecified atom stereocenters. The van der Waals surface area contributed by atoms with Crippen molar-refractivity contribution in [1.29, 1.82) is 0 Å². The summed E-state index contributed by atoms with van der Waals surface area (Å²) in [6.07, 6.45) is 2.75. The first kappa shape index (κ1) is 14.3. The lowest BCUT2D eigenvalue weighted by atomic mass is 9.86. The van der Waals surface area contributed by atoms with Gasteiger partial charge < -0.3 is 5.11 Å². The van der Waals surface area contributed by atoms with E-state index in [2.05, 4.69) is 10.1 Å². The lowest BCUT2D eigenvalue weighted by Gasteiger charge is -2.29. The molecule has 0 amide bonds. The Morgan fingerprint density at radius 3 is 2.41 bits per heavy atom. The van der Waals surface area contributed by atoms with Crippen LogP contribution in [0.1, 0.15) is 11.1 Å². The van der Waals surface area contributed by atoms with Crippen LogP contribution in [0.3, 0.4) is 0 Å². The van der Waals surface area contributed by atoms with Crippen LogP contribution in [0.25, 0.3) is 0 Å². The molecule has 112 valence electrons. The molecule has 0 saturated carbocycles. The van der Waals surface area contributed by atoms with Crippen molar-refractivity contribution >= 4 is 0 Å². The second-order valence-electron chi connectivity index (χ2n) is 4.94. The number of hydrogen-bond acceptors (Lipinski definition) is 3. The van der Waals surface area contributed by atoms with Crippen molar-refractivity contribution in [3.05, 3.63) is 83.9 Å². The summed E-state index contributed by atoms with van der Waals surface area (Å²) in [6.45, 7) is -0.0421. The van der Waals surface area contributed by atoms with Crippen molar-refractivity contribution in [3.8, 4) is 0 Å². The predicted octanol–water partition coefficient (Wildman–Crippen LogP) is 2.49. The first-order chi connectivity index (χ1) is 10.6. The Labute approximate surface area is 125 Å². The van der Waals surface area contributed by atoms with Crippen LogP contribution in [-0.2, 0) is 12.1 Å². The van der Waals surface area contributed by atoms with Gasteiger partial charge in [0.15, 0.2) is 0 Å². The van der Waals surface area contributed by atoms with Gasteiger partial charge in [-0.2, -0.15) is 5.10 Å².